The molecule has 2 aromatic carbocycles. The normalized spacial score (nSPS) is 10.2. The number of carbonyl (C=O) groups excluding carboxylic acids is 2. The Morgan fingerprint density at radius 2 is 1.58 bits per heavy atom. The quantitative estimate of drug-likeness (QED) is 0.632. The van der Waals surface area contributed by atoms with Crippen LogP contribution in [0.3, 0.4) is 0 Å². The number of thiophene rings is 1. The monoisotopic (exact) mass is 365 g/mol. The van der Waals surface area contributed by atoms with E-state index in [4.69, 9.17) is 0 Å². The molecule has 0 fully saturated rings. The fourth-order valence-electron chi connectivity index (χ4n) is 2.41. The third kappa shape index (κ3) is 4.94. The van der Waals surface area contributed by atoms with Gasteiger partial charge in [-0.25, -0.2) is 0 Å². The van der Waals surface area contributed by atoms with Gasteiger partial charge in [-0.05, 0) is 29.1 Å². The Morgan fingerprint density at radius 1 is 0.885 bits per heavy atom. The molecular formula is C20H19N3O2S. The molecule has 0 saturated heterocycles. The Balaban J connectivity index is 1.63. The van der Waals surface area contributed by atoms with Crippen LogP contribution in [0.4, 0.5) is 5.69 Å². The lowest BCUT2D eigenvalue weighted by molar-refractivity contribution is -0.120. The van der Waals surface area contributed by atoms with Crippen LogP contribution in [0, 0.1) is 0 Å². The van der Waals surface area contributed by atoms with Gasteiger partial charge in [-0.1, -0.05) is 54.6 Å². The minimum atomic E-state index is -0.283. The van der Waals surface area contributed by atoms with Gasteiger partial charge in [0.1, 0.15) is 0 Å². The number of anilines is 1. The van der Waals surface area contributed by atoms with Crippen LogP contribution in [0.15, 0.2) is 78.2 Å². The minimum Gasteiger partial charge on any atom is -0.342 e. The zero-order valence-corrected chi connectivity index (χ0v) is 14.9. The maximum atomic E-state index is 12.3. The van der Waals surface area contributed by atoms with Crippen molar-refractivity contribution in [1.29, 1.82) is 0 Å². The SMILES string of the molecule is O=C(CNC(=O)c1cccs1)NN(Cc1ccccc1)c1ccccc1. The van der Waals surface area contributed by atoms with Crippen molar-refractivity contribution in [3.8, 4) is 0 Å². The van der Waals surface area contributed by atoms with E-state index >= 15 is 0 Å². The van der Waals surface area contributed by atoms with Crippen LogP contribution < -0.4 is 15.8 Å². The van der Waals surface area contributed by atoms with Gasteiger partial charge >= 0.3 is 0 Å². The van der Waals surface area contributed by atoms with Crippen molar-refractivity contribution >= 4 is 28.8 Å². The second-order valence-corrected chi connectivity index (χ2v) is 6.55. The van der Waals surface area contributed by atoms with Gasteiger partial charge in [-0.15, -0.1) is 11.3 Å². The predicted molar refractivity (Wildman–Crippen MR) is 104 cm³/mol. The van der Waals surface area contributed by atoms with Gasteiger partial charge in [-0.2, -0.15) is 0 Å². The Morgan fingerprint density at radius 3 is 2.23 bits per heavy atom. The van der Waals surface area contributed by atoms with Gasteiger partial charge < -0.3 is 5.32 Å². The summed E-state index contributed by atoms with van der Waals surface area (Å²) in [5.41, 5.74) is 4.80. The van der Waals surface area contributed by atoms with Crippen molar-refractivity contribution in [1.82, 2.24) is 10.7 Å². The van der Waals surface area contributed by atoms with Gasteiger partial charge in [0.05, 0.1) is 23.7 Å². The molecule has 6 heteroatoms. The summed E-state index contributed by atoms with van der Waals surface area (Å²) in [6, 6.07) is 23.0. The van der Waals surface area contributed by atoms with E-state index < -0.39 is 0 Å². The largest absolute Gasteiger partial charge is 0.342 e. The molecule has 0 unspecified atom stereocenters. The first kappa shape index (κ1) is 17.7. The zero-order valence-electron chi connectivity index (χ0n) is 14.1. The summed E-state index contributed by atoms with van der Waals surface area (Å²) in [4.78, 5) is 24.9. The highest BCUT2D eigenvalue weighted by atomic mass is 32.1. The molecule has 3 rings (SSSR count). The molecule has 3 aromatic rings. The fourth-order valence-corrected chi connectivity index (χ4v) is 3.05. The van der Waals surface area contributed by atoms with E-state index in [1.54, 1.807) is 17.1 Å². The van der Waals surface area contributed by atoms with Gasteiger partial charge in [0.2, 0.25) is 0 Å². The first-order valence-electron chi connectivity index (χ1n) is 8.20. The lowest BCUT2D eigenvalue weighted by Gasteiger charge is -2.25. The lowest BCUT2D eigenvalue weighted by atomic mass is 10.2. The molecule has 132 valence electrons. The van der Waals surface area contributed by atoms with Crippen LogP contribution in [-0.4, -0.2) is 18.4 Å². The average Bonchev–Trinajstić information content (AvgIpc) is 3.22. The average molecular weight is 365 g/mol. The highest BCUT2D eigenvalue weighted by Crippen LogP contribution is 2.14. The molecule has 0 saturated carbocycles. The topological polar surface area (TPSA) is 61.4 Å². The van der Waals surface area contributed by atoms with E-state index in [-0.39, 0.29) is 18.4 Å². The van der Waals surface area contributed by atoms with E-state index in [1.807, 2.05) is 66.0 Å². The molecule has 2 amide bonds. The maximum Gasteiger partial charge on any atom is 0.261 e. The number of benzene rings is 2. The van der Waals surface area contributed by atoms with E-state index in [0.29, 0.717) is 11.4 Å². The molecule has 0 aliphatic rings. The Labute approximate surface area is 156 Å². The summed E-state index contributed by atoms with van der Waals surface area (Å²) in [6.07, 6.45) is 0. The Hall–Kier alpha value is -3.12. The first-order valence-corrected chi connectivity index (χ1v) is 9.08. The predicted octanol–water partition coefficient (Wildman–Crippen LogP) is 3.22. The highest BCUT2D eigenvalue weighted by Gasteiger charge is 2.13. The molecule has 0 aliphatic carbocycles. The lowest BCUT2D eigenvalue weighted by Crippen LogP contribution is -2.46. The number of rotatable bonds is 7. The number of nitrogens with one attached hydrogen (secondary N) is 2. The van der Waals surface area contributed by atoms with Crippen LogP contribution >= 0.6 is 11.3 Å². The van der Waals surface area contributed by atoms with Crippen LogP contribution in [0.1, 0.15) is 15.2 Å². The van der Waals surface area contributed by atoms with E-state index in [0.717, 1.165) is 11.3 Å². The van der Waals surface area contributed by atoms with Crippen molar-refractivity contribution in [2.24, 2.45) is 0 Å². The molecule has 5 nitrogen and oxygen atoms in total. The second kappa shape index (κ2) is 8.82. The smallest absolute Gasteiger partial charge is 0.261 e. The summed E-state index contributed by atoms with van der Waals surface area (Å²) in [5.74, 6) is -0.529. The van der Waals surface area contributed by atoms with Gasteiger partial charge in [0.25, 0.3) is 11.8 Å². The molecule has 26 heavy (non-hydrogen) atoms. The molecule has 0 bridgehead atoms. The van der Waals surface area contributed by atoms with Gasteiger partial charge in [-0.3, -0.25) is 20.0 Å². The van der Waals surface area contributed by atoms with Crippen LogP contribution in [-0.2, 0) is 11.3 Å². The minimum absolute atomic E-state index is 0.0884. The summed E-state index contributed by atoms with van der Waals surface area (Å²) < 4.78 is 0. The Kier molecular flexibility index (Phi) is 6.01. The van der Waals surface area contributed by atoms with Crippen LogP contribution in [0.25, 0.3) is 0 Å². The molecule has 0 atom stereocenters. The molecule has 0 aliphatic heterocycles. The van der Waals surface area contributed by atoms with Gasteiger partial charge in [0.15, 0.2) is 0 Å². The third-order valence-corrected chi connectivity index (χ3v) is 4.53. The van der Waals surface area contributed by atoms with Crippen molar-refractivity contribution in [2.75, 3.05) is 11.6 Å². The second-order valence-electron chi connectivity index (χ2n) is 5.60. The summed E-state index contributed by atoms with van der Waals surface area (Å²) in [7, 11) is 0. The van der Waals surface area contributed by atoms with Crippen molar-refractivity contribution < 1.29 is 9.59 Å². The highest BCUT2D eigenvalue weighted by molar-refractivity contribution is 7.12. The number of hydrogen-bond acceptors (Lipinski definition) is 4. The standard InChI is InChI=1S/C20H19N3O2S/c24-19(14-21-20(25)18-12-7-13-26-18)22-23(17-10-5-2-6-11-17)15-16-8-3-1-4-9-16/h1-13H,14-15H2,(H,21,25)(H,22,24). The molecule has 1 aromatic heterocycles. The number of nitrogens with zero attached hydrogens (tertiary/aromatic N) is 1. The van der Waals surface area contributed by atoms with Crippen LogP contribution in [0.5, 0.6) is 0 Å². The number of hydrogen-bond donors (Lipinski definition) is 2. The van der Waals surface area contributed by atoms with E-state index in [2.05, 4.69) is 10.7 Å². The van der Waals surface area contributed by atoms with Crippen molar-refractivity contribution in [3.05, 3.63) is 88.6 Å². The van der Waals surface area contributed by atoms with Crippen LogP contribution in [0.2, 0.25) is 0 Å². The summed E-state index contributed by atoms with van der Waals surface area (Å²) in [5, 5.41) is 6.24. The number of para-hydroxylation sites is 1. The Bertz CT molecular complexity index is 836. The third-order valence-electron chi connectivity index (χ3n) is 3.67. The molecule has 0 spiro atoms. The van der Waals surface area contributed by atoms with E-state index in [1.165, 1.54) is 11.3 Å². The molecule has 2 N–H and O–H groups in total. The maximum absolute atomic E-state index is 12.3. The fraction of sp³-hybridized carbons (Fsp3) is 0.100. The number of hydrazine groups is 1. The first-order chi connectivity index (χ1) is 12.7. The van der Waals surface area contributed by atoms with Crippen molar-refractivity contribution in [3.63, 3.8) is 0 Å². The van der Waals surface area contributed by atoms with E-state index in [9.17, 15) is 9.59 Å². The zero-order chi connectivity index (χ0) is 18.2. The van der Waals surface area contributed by atoms with Gasteiger partial charge in [0, 0.05) is 0 Å². The molecule has 1 heterocycles. The van der Waals surface area contributed by atoms with Crippen molar-refractivity contribution in [2.45, 2.75) is 6.54 Å². The summed E-state index contributed by atoms with van der Waals surface area (Å²) >= 11 is 1.34. The number of amides is 2. The number of carbonyl (C=O) groups is 2. The summed E-state index contributed by atoms with van der Waals surface area (Å²) in [6.45, 7) is 0.435. The molecule has 0 radical (unpaired) electrons. The molecular weight excluding hydrogens is 346 g/mol.